The van der Waals surface area contributed by atoms with E-state index in [1.165, 1.54) is 23.3 Å². The summed E-state index contributed by atoms with van der Waals surface area (Å²) < 4.78 is 16.3. The van der Waals surface area contributed by atoms with Gasteiger partial charge >= 0.3 is 5.97 Å². The first-order valence-electron chi connectivity index (χ1n) is 6.99. The molecule has 0 unspecified atom stereocenters. The Morgan fingerprint density at radius 2 is 2.14 bits per heavy atom. The zero-order valence-electron chi connectivity index (χ0n) is 12.2. The Morgan fingerprint density at radius 3 is 2.91 bits per heavy atom. The van der Waals surface area contributed by atoms with E-state index >= 15 is 0 Å². The monoisotopic (exact) mass is 300 g/mol. The minimum Gasteiger partial charge on any atom is -0.489 e. The van der Waals surface area contributed by atoms with Crippen LogP contribution in [0.3, 0.4) is 0 Å². The Bertz CT molecular complexity index is 708. The normalized spacial score (nSPS) is 12.2. The van der Waals surface area contributed by atoms with Crippen LogP contribution in [0, 0.1) is 6.92 Å². The number of carboxylic acid groups (broad SMARTS) is 1. The van der Waals surface area contributed by atoms with E-state index in [2.05, 4.69) is 6.07 Å². The zero-order valence-corrected chi connectivity index (χ0v) is 12.2. The average molecular weight is 300 g/mol. The third kappa shape index (κ3) is 2.98. The topological polar surface area (TPSA) is 65.0 Å². The number of aromatic carboxylic acids is 1. The fourth-order valence-corrected chi connectivity index (χ4v) is 2.36. The van der Waals surface area contributed by atoms with E-state index in [1.54, 1.807) is 0 Å². The van der Waals surface area contributed by atoms with Gasteiger partial charge in [-0.05, 0) is 24.6 Å². The lowest BCUT2D eigenvalue weighted by Crippen LogP contribution is -2.04. The van der Waals surface area contributed by atoms with Crippen molar-refractivity contribution < 1.29 is 24.1 Å². The molecule has 0 saturated heterocycles. The molecule has 5 heteroatoms. The van der Waals surface area contributed by atoms with Crippen molar-refractivity contribution in [1.82, 2.24) is 0 Å². The summed E-state index contributed by atoms with van der Waals surface area (Å²) in [4.78, 5) is 11.1. The van der Waals surface area contributed by atoms with Crippen molar-refractivity contribution in [3.63, 3.8) is 0 Å². The first kappa shape index (κ1) is 14.3. The predicted octanol–water partition coefficient (Wildman–Crippen LogP) is 3.04. The van der Waals surface area contributed by atoms with Gasteiger partial charge in [-0.15, -0.1) is 0 Å². The number of rotatable bonds is 5. The summed E-state index contributed by atoms with van der Waals surface area (Å²) in [5, 5.41) is 9.12. The van der Waals surface area contributed by atoms with Crippen LogP contribution >= 0.6 is 0 Å². The van der Waals surface area contributed by atoms with E-state index < -0.39 is 5.97 Å². The Morgan fingerprint density at radius 1 is 1.27 bits per heavy atom. The van der Waals surface area contributed by atoms with Gasteiger partial charge < -0.3 is 19.3 Å². The molecule has 0 radical (unpaired) electrons. The average Bonchev–Trinajstić information content (AvgIpc) is 2.95. The van der Waals surface area contributed by atoms with Gasteiger partial charge in [-0.1, -0.05) is 29.8 Å². The maximum Gasteiger partial charge on any atom is 0.335 e. The quantitative estimate of drug-likeness (QED) is 0.919. The van der Waals surface area contributed by atoms with E-state index in [0.29, 0.717) is 23.9 Å². The highest BCUT2D eigenvalue weighted by Gasteiger charge is 2.22. The Kier molecular flexibility index (Phi) is 3.87. The van der Waals surface area contributed by atoms with Crippen LogP contribution in [0.5, 0.6) is 17.2 Å². The molecule has 0 spiro atoms. The summed E-state index contributed by atoms with van der Waals surface area (Å²) in [5.74, 6) is 0.251. The number of benzene rings is 2. The van der Waals surface area contributed by atoms with Crippen LogP contribution in [0.2, 0.25) is 0 Å². The molecule has 3 rings (SSSR count). The lowest BCUT2D eigenvalue weighted by atomic mass is 10.1. The second-order valence-electron chi connectivity index (χ2n) is 5.10. The van der Waals surface area contributed by atoms with Crippen LogP contribution in [0.15, 0.2) is 36.4 Å². The molecular formula is C17H16O5. The molecule has 1 aliphatic rings. The Labute approximate surface area is 128 Å². The Balaban J connectivity index is 1.73. The molecule has 0 amide bonds. The van der Waals surface area contributed by atoms with Crippen molar-refractivity contribution in [2.75, 3.05) is 13.4 Å². The molecule has 2 aromatic rings. The van der Waals surface area contributed by atoms with E-state index in [4.69, 9.17) is 19.3 Å². The summed E-state index contributed by atoms with van der Waals surface area (Å²) in [6.07, 6.45) is 0.731. The number of carbonyl (C=O) groups is 1. The van der Waals surface area contributed by atoms with Crippen LogP contribution in [-0.4, -0.2) is 24.5 Å². The largest absolute Gasteiger partial charge is 0.489 e. The first-order valence-corrected chi connectivity index (χ1v) is 6.99. The maximum absolute atomic E-state index is 11.1. The van der Waals surface area contributed by atoms with Crippen LogP contribution in [0.1, 0.15) is 21.5 Å². The number of fused-ring (bicyclic) bond motifs is 1. The molecule has 0 saturated carbocycles. The molecule has 5 nitrogen and oxygen atoms in total. The number of ether oxygens (including phenoxy) is 3. The SMILES string of the molecule is Cc1cccc(CCOc2cc(C(=O)O)cc3c2OCO3)c1. The van der Waals surface area contributed by atoms with Gasteiger partial charge in [0, 0.05) is 6.42 Å². The third-order valence-electron chi connectivity index (χ3n) is 3.42. The van der Waals surface area contributed by atoms with E-state index in [9.17, 15) is 4.79 Å². The van der Waals surface area contributed by atoms with Gasteiger partial charge in [0.15, 0.2) is 11.5 Å². The summed E-state index contributed by atoms with van der Waals surface area (Å²) in [7, 11) is 0. The molecule has 1 aliphatic heterocycles. The van der Waals surface area contributed by atoms with Crippen molar-refractivity contribution >= 4 is 5.97 Å². The summed E-state index contributed by atoms with van der Waals surface area (Å²) in [6.45, 7) is 2.55. The number of carboxylic acids is 1. The maximum atomic E-state index is 11.1. The Hall–Kier alpha value is -2.69. The molecule has 2 aromatic carbocycles. The lowest BCUT2D eigenvalue weighted by Gasteiger charge is -2.10. The van der Waals surface area contributed by atoms with E-state index in [1.807, 2.05) is 25.1 Å². The highest BCUT2D eigenvalue weighted by atomic mass is 16.7. The van der Waals surface area contributed by atoms with Gasteiger partial charge in [-0.2, -0.15) is 0 Å². The van der Waals surface area contributed by atoms with Crippen molar-refractivity contribution in [2.45, 2.75) is 13.3 Å². The second-order valence-corrected chi connectivity index (χ2v) is 5.10. The first-order chi connectivity index (χ1) is 10.6. The summed E-state index contributed by atoms with van der Waals surface area (Å²) >= 11 is 0. The van der Waals surface area contributed by atoms with Gasteiger partial charge in [0.1, 0.15) is 0 Å². The molecule has 1 heterocycles. The smallest absolute Gasteiger partial charge is 0.335 e. The summed E-state index contributed by atoms with van der Waals surface area (Å²) in [6, 6.07) is 11.1. The van der Waals surface area contributed by atoms with E-state index in [0.717, 1.165) is 6.42 Å². The van der Waals surface area contributed by atoms with Crippen LogP contribution < -0.4 is 14.2 Å². The molecule has 114 valence electrons. The van der Waals surface area contributed by atoms with Gasteiger partial charge in [0.05, 0.1) is 12.2 Å². The van der Waals surface area contributed by atoms with Gasteiger partial charge in [-0.3, -0.25) is 0 Å². The van der Waals surface area contributed by atoms with Gasteiger partial charge in [-0.25, -0.2) is 4.79 Å². The van der Waals surface area contributed by atoms with Gasteiger partial charge in [0.25, 0.3) is 0 Å². The third-order valence-corrected chi connectivity index (χ3v) is 3.42. The lowest BCUT2D eigenvalue weighted by molar-refractivity contribution is 0.0696. The number of hydrogen-bond acceptors (Lipinski definition) is 4. The standard InChI is InChI=1S/C17H16O5/c1-11-3-2-4-12(7-11)5-6-20-14-8-13(17(18)19)9-15-16(14)22-10-21-15/h2-4,7-9H,5-6,10H2,1H3,(H,18,19). The number of aryl methyl sites for hydroxylation is 1. The predicted molar refractivity (Wildman–Crippen MR) is 79.9 cm³/mol. The van der Waals surface area contributed by atoms with Crippen LogP contribution in [-0.2, 0) is 6.42 Å². The molecule has 22 heavy (non-hydrogen) atoms. The molecular weight excluding hydrogens is 284 g/mol. The fraction of sp³-hybridized carbons (Fsp3) is 0.235. The van der Waals surface area contributed by atoms with Gasteiger partial charge in [0.2, 0.25) is 12.5 Å². The number of hydrogen-bond donors (Lipinski definition) is 1. The van der Waals surface area contributed by atoms with Crippen LogP contribution in [0.4, 0.5) is 0 Å². The second kappa shape index (κ2) is 5.97. The summed E-state index contributed by atoms with van der Waals surface area (Å²) in [5.41, 5.74) is 2.49. The minimum atomic E-state index is -1.03. The van der Waals surface area contributed by atoms with Crippen molar-refractivity contribution in [3.8, 4) is 17.2 Å². The van der Waals surface area contributed by atoms with Crippen molar-refractivity contribution in [2.24, 2.45) is 0 Å². The molecule has 1 N–H and O–H groups in total. The zero-order chi connectivity index (χ0) is 15.5. The minimum absolute atomic E-state index is 0.0760. The van der Waals surface area contributed by atoms with E-state index in [-0.39, 0.29) is 12.4 Å². The van der Waals surface area contributed by atoms with Crippen LogP contribution in [0.25, 0.3) is 0 Å². The molecule has 0 aromatic heterocycles. The highest BCUT2D eigenvalue weighted by Crippen LogP contribution is 2.42. The molecule has 0 aliphatic carbocycles. The molecule has 0 bridgehead atoms. The van der Waals surface area contributed by atoms with Crippen molar-refractivity contribution in [1.29, 1.82) is 0 Å². The molecule has 0 atom stereocenters. The highest BCUT2D eigenvalue weighted by molar-refractivity contribution is 5.89. The van der Waals surface area contributed by atoms with Crippen molar-refractivity contribution in [3.05, 3.63) is 53.1 Å². The fourth-order valence-electron chi connectivity index (χ4n) is 2.36. The molecule has 0 fully saturated rings.